The van der Waals surface area contributed by atoms with Gasteiger partial charge in [-0.25, -0.2) is 9.98 Å². The Morgan fingerprint density at radius 2 is 1.92 bits per heavy atom. The molecule has 0 aliphatic carbocycles. The average Bonchev–Trinajstić information content (AvgIpc) is 2.90. The van der Waals surface area contributed by atoms with Crippen molar-refractivity contribution in [2.45, 2.75) is 34.2 Å². The first-order chi connectivity index (χ1) is 12.0. The van der Waals surface area contributed by atoms with Crippen LogP contribution in [0.1, 0.15) is 29.4 Å². The fourth-order valence-electron chi connectivity index (χ4n) is 3.02. The molecule has 26 heavy (non-hydrogen) atoms. The zero-order valence-electron chi connectivity index (χ0n) is 16.8. The predicted octanol–water partition coefficient (Wildman–Crippen LogP) is 2.32. The zero-order valence-corrected chi connectivity index (χ0v) is 20.0. The second-order valence-electron chi connectivity index (χ2n) is 7.03. The van der Waals surface area contributed by atoms with Crippen LogP contribution in [0.3, 0.4) is 0 Å². The maximum absolute atomic E-state index is 4.73. The van der Waals surface area contributed by atoms with Gasteiger partial charge in [-0.2, -0.15) is 0 Å². The molecule has 2 heterocycles. The molecule has 1 aromatic rings. The molecule has 8 heteroatoms. The number of guanidine groups is 1. The smallest absolute Gasteiger partial charge is 0.191 e. The Morgan fingerprint density at radius 1 is 1.23 bits per heavy atom. The second kappa shape index (κ2) is 12.1. The van der Waals surface area contributed by atoms with Crippen molar-refractivity contribution in [1.82, 2.24) is 25.4 Å². The molecule has 0 amide bonds. The third kappa shape index (κ3) is 8.06. The van der Waals surface area contributed by atoms with Gasteiger partial charge >= 0.3 is 0 Å². The Balaban J connectivity index is 0.00000338. The van der Waals surface area contributed by atoms with E-state index >= 15 is 0 Å². The molecule has 1 aromatic heterocycles. The van der Waals surface area contributed by atoms with Crippen LogP contribution in [0, 0.1) is 19.8 Å². The van der Waals surface area contributed by atoms with Crippen molar-refractivity contribution < 1.29 is 0 Å². The molecule has 0 radical (unpaired) electrons. The van der Waals surface area contributed by atoms with Crippen LogP contribution < -0.4 is 10.6 Å². The second-order valence-corrected chi connectivity index (χ2v) is 8.31. The minimum absolute atomic E-state index is 0. The van der Waals surface area contributed by atoms with Crippen LogP contribution in [0.4, 0.5) is 0 Å². The van der Waals surface area contributed by atoms with E-state index in [4.69, 9.17) is 4.99 Å². The van der Waals surface area contributed by atoms with Gasteiger partial charge in [0.2, 0.25) is 0 Å². The largest absolute Gasteiger partial charge is 0.357 e. The highest BCUT2D eigenvalue weighted by molar-refractivity contribution is 14.0. The first kappa shape index (κ1) is 23.6. The highest BCUT2D eigenvalue weighted by Gasteiger charge is 2.16. The van der Waals surface area contributed by atoms with E-state index in [-0.39, 0.29) is 24.0 Å². The molecule has 0 aromatic carbocycles. The molecule has 1 fully saturated rings. The summed E-state index contributed by atoms with van der Waals surface area (Å²) in [5, 5.41) is 7.96. The Kier molecular flexibility index (Phi) is 11.0. The van der Waals surface area contributed by atoms with Crippen molar-refractivity contribution in [3.05, 3.63) is 15.6 Å². The fraction of sp³-hybridized carbons (Fsp3) is 0.778. The minimum Gasteiger partial charge on any atom is -0.357 e. The van der Waals surface area contributed by atoms with E-state index in [1.807, 2.05) is 6.92 Å². The van der Waals surface area contributed by atoms with E-state index in [1.54, 1.807) is 11.3 Å². The van der Waals surface area contributed by atoms with Gasteiger partial charge in [-0.1, -0.05) is 6.92 Å². The lowest BCUT2D eigenvalue weighted by Crippen LogP contribution is -2.47. The number of aromatic nitrogens is 1. The van der Waals surface area contributed by atoms with Gasteiger partial charge in [0, 0.05) is 50.7 Å². The van der Waals surface area contributed by atoms with Gasteiger partial charge in [0.1, 0.15) is 0 Å². The molecule has 1 unspecified atom stereocenters. The topological polar surface area (TPSA) is 55.8 Å². The van der Waals surface area contributed by atoms with Crippen LogP contribution in [0.2, 0.25) is 0 Å². The van der Waals surface area contributed by atoms with Gasteiger partial charge in [0.05, 0.1) is 17.2 Å². The SMILES string of the molecule is CCNC(=NCc1sc(C)nc1C)NCC(C)CN1CCN(C)CC1.I. The molecule has 1 aliphatic heterocycles. The van der Waals surface area contributed by atoms with Gasteiger partial charge < -0.3 is 20.4 Å². The number of aryl methyl sites for hydroxylation is 2. The predicted molar refractivity (Wildman–Crippen MR) is 123 cm³/mol. The summed E-state index contributed by atoms with van der Waals surface area (Å²) in [6.45, 7) is 16.9. The third-order valence-electron chi connectivity index (χ3n) is 4.51. The summed E-state index contributed by atoms with van der Waals surface area (Å²) in [5.41, 5.74) is 1.10. The first-order valence-corrected chi connectivity index (χ1v) is 10.2. The Bertz CT molecular complexity index is 554. The lowest BCUT2D eigenvalue weighted by atomic mass is 10.1. The third-order valence-corrected chi connectivity index (χ3v) is 5.57. The van der Waals surface area contributed by atoms with Gasteiger partial charge in [0.15, 0.2) is 5.96 Å². The summed E-state index contributed by atoms with van der Waals surface area (Å²) >= 11 is 1.74. The van der Waals surface area contributed by atoms with Crippen LogP contribution in [-0.4, -0.2) is 73.6 Å². The average molecular weight is 494 g/mol. The molecule has 0 saturated carbocycles. The molecule has 2 N–H and O–H groups in total. The standard InChI is InChI=1S/C18H34N6S.HI/c1-6-19-18(21-12-17-15(3)22-16(4)25-17)20-11-14(2)13-24-9-7-23(5)8-10-24;/h14H,6-13H2,1-5H3,(H2,19,20,21);1H. The van der Waals surface area contributed by atoms with Gasteiger partial charge in [0.25, 0.3) is 0 Å². The maximum Gasteiger partial charge on any atom is 0.191 e. The van der Waals surface area contributed by atoms with Crippen molar-refractivity contribution in [3.63, 3.8) is 0 Å². The Morgan fingerprint density at radius 3 is 2.50 bits per heavy atom. The van der Waals surface area contributed by atoms with Gasteiger partial charge in [-0.15, -0.1) is 35.3 Å². The van der Waals surface area contributed by atoms with Crippen LogP contribution in [0.5, 0.6) is 0 Å². The van der Waals surface area contributed by atoms with Gasteiger partial charge in [-0.3, -0.25) is 0 Å². The summed E-state index contributed by atoms with van der Waals surface area (Å²) < 4.78 is 0. The molecular weight excluding hydrogens is 459 g/mol. The first-order valence-electron chi connectivity index (χ1n) is 9.34. The number of nitrogens with zero attached hydrogens (tertiary/aromatic N) is 4. The highest BCUT2D eigenvalue weighted by atomic mass is 127. The number of nitrogens with one attached hydrogen (secondary N) is 2. The molecule has 150 valence electrons. The fourth-order valence-corrected chi connectivity index (χ4v) is 3.88. The van der Waals surface area contributed by atoms with E-state index in [0.717, 1.165) is 36.3 Å². The van der Waals surface area contributed by atoms with Crippen LogP contribution in [0.15, 0.2) is 4.99 Å². The molecule has 0 bridgehead atoms. The summed E-state index contributed by atoms with van der Waals surface area (Å²) in [6, 6.07) is 0. The Labute approximate surface area is 179 Å². The molecule has 1 aliphatic rings. The van der Waals surface area contributed by atoms with E-state index < -0.39 is 0 Å². The molecule has 2 rings (SSSR count). The number of rotatable bonds is 7. The molecule has 0 spiro atoms. The molecule has 6 nitrogen and oxygen atoms in total. The van der Waals surface area contributed by atoms with Crippen molar-refractivity contribution >= 4 is 41.3 Å². The zero-order chi connectivity index (χ0) is 18.2. The number of hydrogen-bond acceptors (Lipinski definition) is 5. The monoisotopic (exact) mass is 494 g/mol. The Hall–Kier alpha value is -0.450. The molecular formula is C18H35IN6S. The number of hydrogen-bond donors (Lipinski definition) is 2. The number of piperazine rings is 1. The highest BCUT2D eigenvalue weighted by Crippen LogP contribution is 2.17. The van der Waals surface area contributed by atoms with Crippen LogP contribution >= 0.6 is 35.3 Å². The van der Waals surface area contributed by atoms with E-state index in [2.05, 4.69) is 53.2 Å². The quantitative estimate of drug-likeness (QED) is 0.346. The van der Waals surface area contributed by atoms with E-state index in [9.17, 15) is 0 Å². The van der Waals surface area contributed by atoms with Crippen molar-refractivity contribution in [1.29, 1.82) is 0 Å². The normalized spacial score (nSPS) is 17.7. The summed E-state index contributed by atoms with van der Waals surface area (Å²) in [6.07, 6.45) is 0. The van der Waals surface area contributed by atoms with E-state index in [0.29, 0.717) is 12.5 Å². The number of likely N-dealkylation sites (N-methyl/N-ethyl adjacent to an activating group) is 1. The van der Waals surface area contributed by atoms with Gasteiger partial charge in [-0.05, 0) is 33.7 Å². The lowest BCUT2D eigenvalue weighted by molar-refractivity contribution is 0.139. The molecule has 1 saturated heterocycles. The number of thiazole rings is 1. The summed E-state index contributed by atoms with van der Waals surface area (Å²) in [7, 11) is 2.20. The van der Waals surface area contributed by atoms with E-state index in [1.165, 1.54) is 31.1 Å². The minimum atomic E-state index is 0. The van der Waals surface area contributed by atoms with Crippen molar-refractivity contribution in [2.24, 2.45) is 10.9 Å². The number of aliphatic imine (C=N–C) groups is 1. The summed E-state index contributed by atoms with van der Waals surface area (Å²) in [4.78, 5) is 15.4. The van der Waals surface area contributed by atoms with Crippen molar-refractivity contribution in [3.8, 4) is 0 Å². The van der Waals surface area contributed by atoms with Crippen LogP contribution in [-0.2, 0) is 6.54 Å². The number of halogens is 1. The maximum atomic E-state index is 4.73. The lowest BCUT2D eigenvalue weighted by Gasteiger charge is -2.34. The van der Waals surface area contributed by atoms with Crippen molar-refractivity contribution in [2.75, 3.05) is 52.9 Å². The molecule has 1 atom stereocenters. The summed E-state index contributed by atoms with van der Waals surface area (Å²) in [5.74, 6) is 1.50. The van der Waals surface area contributed by atoms with Crippen LogP contribution in [0.25, 0.3) is 0 Å².